The number of fused-ring (bicyclic) bond motifs is 1. The molecule has 1 atom stereocenters. The average Bonchev–Trinajstić information content (AvgIpc) is 2.81. The number of aromatic nitrogens is 1. The van der Waals surface area contributed by atoms with Crippen molar-refractivity contribution in [3.05, 3.63) is 58.4 Å². The topological polar surface area (TPSA) is 97.1 Å². The Morgan fingerprint density at radius 2 is 2.14 bits per heavy atom. The Labute approximate surface area is 125 Å². The number of carbonyl (C=O) groups is 2. The van der Waals surface area contributed by atoms with Crippen LogP contribution in [-0.4, -0.2) is 16.8 Å². The van der Waals surface area contributed by atoms with Gasteiger partial charge in [-0.05, 0) is 29.8 Å². The molecule has 0 aliphatic carbocycles. The van der Waals surface area contributed by atoms with E-state index in [9.17, 15) is 9.59 Å². The fourth-order valence-electron chi connectivity index (χ4n) is 2.46. The van der Waals surface area contributed by atoms with Gasteiger partial charge >= 0.3 is 0 Å². The van der Waals surface area contributed by atoms with E-state index in [0.29, 0.717) is 27.4 Å². The molecule has 0 radical (unpaired) electrons. The predicted molar refractivity (Wildman–Crippen MR) is 77.8 cm³/mol. The van der Waals surface area contributed by atoms with Crippen LogP contribution in [0, 0.1) is 0 Å². The van der Waals surface area contributed by atoms with Gasteiger partial charge in [0, 0.05) is 34.2 Å². The zero-order chi connectivity index (χ0) is 15.0. The van der Waals surface area contributed by atoms with Gasteiger partial charge in [0.1, 0.15) is 0 Å². The number of nitrogens with two attached hydrogens (primary N) is 1. The summed E-state index contributed by atoms with van der Waals surface area (Å²) in [7, 11) is 0. The summed E-state index contributed by atoms with van der Waals surface area (Å²) in [6.45, 7) is 0. The summed E-state index contributed by atoms with van der Waals surface area (Å²) in [5.74, 6) is 3.84. The van der Waals surface area contributed by atoms with Gasteiger partial charge in [-0.3, -0.25) is 20.0 Å². The van der Waals surface area contributed by atoms with Gasteiger partial charge in [-0.15, -0.1) is 0 Å². The zero-order valence-corrected chi connectivity index (χ0v) is 11.5. The van der Waals surface area contributed by atoms with E-state index >= 15 is 0 Å². The number of pyridine rings is 1. The first-order valence-electron chi connectivity index (χ1n) is 6.17. The summed E-state index contributed by atoms with van der Waals surface area (Å²) in [5, 5.41) is 3.29. The van der Waals surface area contributed by atoms with Crippen LogP contribution >= 0.6 is 11.6 Å². The summed E-state index contributed by atoms with van der Waals surface area (Å²) < 4.78 is 0. The van der Waals surface area contributed by atoms with E-state index in [1.54, 1.807) is 18.2 Å². The minimum atomic E-state index is -0.639. The fraction of sp³-hybridized carbons (Fsp3) is 0.0714. The first-order valence-corrected chi connectivity index (χ1v) is 6.55. The number of benzene rings is 1. The summed E-state index contributed by atoms with van der Waals surface area (Å²) >= 11 is 6.00. The molecule has 6 nitrogen and oxygen atoms in total. The molecular weight excluding hydrogens is 292 g/mol. The number of hydrazine groups is 1. The molecule has 106 valence electrons. The van der Waals surface area contributed by atoms with Crippen LogP contribution in [0.4, 0.5) is 5.69 Å². The maximum absolute atomic E-state index is 12.3. The van der Waals surface area contributed by atoms with Crippen molar-refractivity contribution in [3.63, 3.8) is 0 Å². The molecule has 2 heterocycles. The average molecular weight is 303 g/mol. The van der Waals surface area contributed by atoms with Crippen LogP contribution in [0.2, 0.25) is 5.02 Å². The van der Waals surface area contributed by atoms with Crippen LogP contribution in [0.1, 0.15) is 27.4 Å². The molecule has 2 amide bonds. The van der Waals surface area contributed by atoms with Crippen molar-refractivity contribution in [3.8, 4) is 0 Å². The molecule has 0 unspecified atom stereocenters. The monoisotopic (exact) mass is 302 g/mol. The Hall–Kier alpha value is -2.44. The normalized spacial score (nSPS) is 16.3. The van der Waals surface area contributed by atoms with Crippen molar-refractivity contribution < 1.29 is 9.59 Å². The highest BCUT2D eigenvalue weighted by Crippen LogP contribution is 2.39. The number of nitrogens with one attached hydrogen (secondary N) is 2. The highest BCUT2D eigenvalue weighted by Gasteiger charge is 2.34. The molecule has 0 saturated carbocycles. The number of anilines is 1. The Kier molecular flexibility index (Phi) is 3.32. The molecule has 3 rings (SSSR count). The van der Waals surface area contributed by atoms with E-state index in [1.165, 1.54) is 18.5 Å². The number of carbonyl (C=O) groups excluding carboxylic acids is 2. The van der Waals surface area contributed by atoms with Crippen molar-refractivity contribution in [2.45, 2.75) is 5.92 Å². The number of amides is 2. The van der Waals surface area contributed by atoms with Gasteiger partial charge in [0.15, 0.2) is 0 Å². The quantitative estimate of drug-likeness (QED) is 0.444. The number of hydrogen-bond donors (Lipinski definition) is 3. The molecule has 7 heteroatoms. The lowest BCUT2D eigenvalue weighted by Crippen LogP contribution is -2.31. The fourth-order valence-corrected chi connectivity index (χ4v) is 2.64. The van der Waals surface area contributed by atoms with Crippen molar-refractivity contribution in [1.82, 2.24) is 10.4 Å². The molecule has 1 aliphatic rings. The van der Waals surface area contributed by atoms with Gasteiger partial charge in [-0.25, -0.2) is 5.84 Å². The van der Waals surface area contributed by atoms with E-state index in [1.807, 2.05) is 0 Å². The first-order chi connectivity index (χ1) is 10.1. The molecule has 21 heavy (non-hydrogen) atoms. The van der Waals surface area contributed by atoms with Crippen molar-refractivity contribution in [2.24, 2.45) is 5.84 Å². The van der Waals surface area contributed by atoms with Crippen LogP contribution < -0.4 is 16.6 Å². The summed E-state index contributed by atoms with van der Waals surface area (Å²) in [4.78, 5) is 28.1. The Morgan fingerprint density at radius 1 is 1.33 bits per heavy atom. The second-order valence-electron chi connectivity index (χ2n) is 4.59. The van der Waals surface area contributed by atoms with Crippen LogP contribution in [0.5, 0.6) is 0 Å². The smallest absolute Gasteiger partial charge is 0.265 e. The Bertz CT molecular complexity index is 748. The number of rotatable bonds is 2. The molecule has 1 aromatic heterocycles. The summed E-state index contributed by atoms with van der Waals surface area (Å²) in [6.07, 6.45) is 2.96. The SMILES string of the molecule is NNC(=O)c1ccncc1[C@H]1C(=O)Nc2ccc(Cl)cc21. The van der Waals surface area contributed by atoms with Crippen molar-refractivity contribution in [2.75, 3.05) is 5.32 Å². The molecule has 0 fully saturated rings. The largest absolute Gasteiger partial charge is 0.325 e. The van der Waals surface area contributed by atoms with E-state index in [-0.39, 0.29) is 5.91 Å². The third kappa shape index (κ3) is 2.24. The van der Waals surface area contributed by atoms with Crippen LogP contribution in [0.25, 0.3) is 0 Å². The second kappa shape index (κ2) is 5.16. The van der Waals surface area contributed by atoms with Gasteiger partial charge in [0.25, 0.3) is 5.91 Å². The highest BCUT2D eigenvalue weighted by molar-refractivity contribution is 6.31. The molecular formula is C14H11ClN4O2. The van der Waals surface area contributed by atoms with Crippen molar-refractivity contribution in [1.29, 1.82) is 0 Å². The van der Waals surface area contributed by atoms with Gasteiger partial charge in [-0.1, -0.05) is 11.6 Å². The zero-order valence-electron chi connectivity index (χ0n) is 10.8. The van der Waals surface area contributed by atoms with E-state index < -0.39 is 11.8 Å². The van der Waals surface area contributed by atoms with Gasteiger partial charge < -0.3 is 5.32 Å². The highest BCUT2D eigenvalue weighted by atomic mass is 35.5. The van der Waals surface area contributed by atoms with Crippen LogP contribution in [0.3, 0.4) is 0 Å². The van der Waals surface area contributed by atoms with Gasteiger partial charge in [0.05, 0.1) is 5.92 Å². The molecule has 2 aromatic rings. The summed E-state index contributed by atoms with van der Waals surface area (Å²) in [5.41, 5.74) is 4.25. The number of halogens is 1. The van der Waals surface area contributed by atoms with Gasteiger partial charge in [0.2, 0.25) is 5.91 Å². The lowest BCUT2D eigenvalue weighted by Gasteiger charge is -2.13. The van der Waals surface area contributed by atoms with Crippen LogP contribution in [-0.2, 0) is 4.79 Å². The maximum atomic E-state index is 12.3. The molecule has 0 spiro atoms. The lowest BCUT2D eigenvalue weighted by atomic mass is 9.90. The Morgan fingerprint density at radius 3 is 2.90 bits per heavy atom. The third-order valence-electron chi connectivity index (χ3n) is 3.38. The Balaban J connectivity index is 2.16. The predicted octanol–water partition coefficient (Wildman–Crippen LogP) is 1.42. The van der Waals surface area contributed by atoms with E-state index in [0.717, 1.165) is 0 Å². The van der Waals surface area contributed by atoms with E-state index in [2.05, 4.69) is 15.7 Å². The number of hydrogen-bond acceptors (Lipinski definition) is 4. The third-order valence-corrected chi connectivity index (χ3v) is 3.62. The molecule has 0 saturated heterocycles. The molecule has 0 bridgehead atoms. The second-order valence-corrected chi connectivity index (χ2v) is 5.03. The number of nitrogen functional groups attached to an aromatic ring is 1. The molecule has 1 aromatic carbocycles. The lowest BCUT2D eigenvalue weighted by molar-refractivity contribution is -0.116. The molecule has 4 N–H and O–H groups in total. The van der Waals surface area contributed by atoms with E-state index in [4.69, 9.17) is 17.4 Å². The number of nitrogens with zero attached hydrogens (tertiary/aromatic N) is 1. The molecule has 1 aliphatic heterocycles. The van der Waals surface area contributed by atoms with Crippen molar-refractivity contribution >= 4 is 29.1 Å². The standard InChI is InChI=1S/C14H11ClN4O2/c15-7-1-2-11-9(5-7)12(14(21)18-11)10-6-17-4-3-8(10)13(20)19-16/h1-6,12H,16H2,(H,18,21)(H,19,20)/t12-/m0/s1. The minimum absolute atomic E-state index is 0.230. The minimum Gasteiger partial charge on any atom is -0.325 e. The van der Waals surface area contributed by atoms with Gasteiger partial charge in [-0.2, -0.15) is 0 Å². The van der Waals surface area contributed by atoms with Crippen LogP contribution in [0.15, 0.2) is 36.7 Å². The summed E-state index contributed by atoms with van der Waals surface area (Å²) in [6, 6.07) is 6.65. The first kappa shape index (κ1) is 13.5. The maximum Gasteiger partial charge on any atom is 0.265 e.